The monoisotopic (exact) mass is 942 g/mol. The summed E-state index contributed by atoms with van der Waals surface area (Å²) in [4.78, 5) is 66.7. The number of ether oxygens (including phenoxy) is 5. The van der Waals surface area contributed by atoms with Gasteiger partial charge in [0.05, 0.1) is 31.4 Å². The van der Waals surface area contributed by atoms with Gasteiger partial charge in [-0.1, -0.05) is 106 Å². The van der Waals surface area contributed by atoms with Crippen molar-refractivity contribution in [1.29, 1.82) is 0 Å². The zero-order valence-corrected chi connectivity index (χ0v) is 41.1. The second-order valence-corrected chi connectivity index (χ2v) is 21.2. The number of carbonyl (C=O) groups is 4. The number of unbranched alkanes of at least 4 members (excludes halogenated alkanes) is 4. The molecule has 2 N–H and O–H groups in total. The number of benzene rings is 2. The van der Waals surface area contributed by atoms with Gasteiger partial charge >= 0.3 is 11.9 Å². The summed E-state index contributed by atoms with van der Waals surface area (Å²) in [6.07, 6.45) is 12.7. The summed E-state index contributed by atoms with van der Waals surface area (Å²) in [6, 6.07) is 14.4. The maximum atomic E-state index is 16.0. The molecule has 0 radical (unpaired) electrons. The molecule has 4 heterocycles. The highest BCUT2D eigenvalue weighted by atomic mass is 16.8. The molecule has 372 valence electrons. The lowest BCUT2D eigenvalue weighted by molar-refractivity contribution is -0.225. The van der Waals surface area contributed by atoms with Crippen molar-refractivity contribution < 1.29 is 52.8 Å². The molecule has 14 heteroatoms. The van der Waals surface area contributed by atoms with Crippen molar-refractivity contribution in [3.63, 3.8) is 0 Å². The predicted molar refractivity (Wildman–Crippen MR) is 254 cm³/mol. The van der Waals surface area contributed by atoms with Gasteiger partial charge in [-0.2, -0.15) is 5.06 Å². The van der Waals surface area contributed by atoms with E-state index in [1.807, 2.05) is 48.5 Å². The number of aliphatic hydroxyl groups is 1. The molecular formula is C54H75N3O11. The van der Waals surface area contributed by atoms with Gasteiger partial charge in [0.2, 0.25) is 11.8 Å². The summed E-state index contributed by atoms with van der Waals surface area (Å²) in [5, 5.41) is 15.0. The molecule has 14 nitrogen and oxygen atoms in total. The van der Waals surface area contributed by atoms with Crippen molar-refractivity contribution in [2.24, 2.45) is 11.3 Å². The number of nitrogens with one attached hydrogen (secondary N) is 1. The van der Waals surface area contributed by atoms with Crippen LogP contribution in [0.2, 0.25) is 0 Å². The molecule has 2 aromatic carbocycles. The molecular weight excluding hydrogens is 867 g/mol. The van der Waals surface area contributed by atoms with Crippen LogP contribution in [-0.2, 0) is 60.7 Å². The molecule has 2 saturated carbocycles. The van der Waals surface area contributed by atoms with Crippen molar-refractivity contribution in [3.8, 4) is 0 Å². The molecule has 68 heavy (non-hydrogen) atoms. The number of hydroxylamine groups is 2. The Morgan fingerprint density at radius 1 is 0.941 bits per heavy atom. The van der Waals surface area contributed by atoms with Gasteiger partial charge in [-0.25, -0.2) is 0 Å². The molecule has 11 atom stereocenters. The van der Waals surface area contributed by atoms with Gasteiger partial charge < -0.3 is 39.0 Å². The largest absolute Gasteiger partial charge is 0.460 e. The number of likely N-dealkylation sites (N-methyl/N-ethyl adjacent to an activating group) is 1. The van der Waals surface area contributed by atoms with E-state index in [9.17, 15) is 19.5 Å². The van der Waals surface area contributed by atoms with Crippen LogP contribution in [-0.4, -0.2) is 119 Å². The third kappa shape index (κ3) is 11.1. The van der Waals surface area contributed by atoms with Gasteiger partial charge in [-0.15, -0.1) is 0 Å². The van der Waals surface area contributed by atoms with Crippen molar-refractivity contribution in [1.82, 2.24) is 15.3 Å². The SMILES string of the molecule is CCCCCC1(CCCCC)O[C@@H]2[C@H](O1)[C@H]1ON(Cc3ccccc3C=CC3CCC4OC4C3)[C@H]3C(=O)O[C@@H]2C[C@@]13C(=O)N(C)[C@H](Cc1ccccc1)C(=O)N[C@H](CO)CCC(=O)OC(C)(C)C. The molecule has 4 aliphatic heterocycles. The first-order valence-corrected chi connectivity index (χ1v) is 25.5. The third-order valence-corrected chi connectivity index (χ3v) is 15.0. The molecule has 0 aromatic heterocycles. The molecule has 0 spiro atoms. The van der Waals surface area contributed by atoms with E-state index >= 15 is 4.79 Å². The molecule has 6 aliphatic rings. The van der Waals surface area contributed by atoms with E-state index in [1.54, 1.807) is 32.9 Å². The Morgan fingerprint density at radius 3 is 2.34 bits per heavy atom. The molecule has 2 aliphatic carbocycles. The lowest BCUT2D eigenvalue weighted by atomic mass is 9.62. The molecule has 3 unspecified atom stereocenters. The van der Waals surface area contributed by atoms with Crippen LogP contribution in [0.25, 0.3) is 6.08 Å². The lowest BCUT2D eigenvalue weighted by Crippen LogP contribution is -2.70. The molecule has 6 fully saturated rings. The number of epoxide rings is 1. The highest BCUT2D eigenvalue weighted by molar-refractivity contribution is 5.96. The second kappa shape index (κ2) is 21.4. The Bertz CT molecular complexity index is 2100. The first-order valence-electron chi connectivity index (χ1n) is 25.5. The molecule has 2 bridgehead atoms. The Hall–Kier alpha value is -4.18. The summed E-state index contributed by atoms with van der Waals surface area (Å²) >= 11 is 0. The van der Waals surface area contributed by atoms with Gasteiger partial charge in [-0.3, -0.25) is 24.0 Å². The third-order valence-electron chi connectivity index (χ3n) is 15.0. The van der Waals surface area contributed by atoms with Crippen LogP contribution in [0.4, 0.5) is 0 Å². The van der Waals surface area contributed by atoms with E-state index in [1.165, 1.54) is 4.90 Å². The number of hydrogen-bond acceptors (Lipinski definition) is 12. The minimum absolute atomic E-state index is 0.0254. The Morgan fingerprint density at radius 2 is 1.65 bits per heavy atom. The maximum absolute atomic E-state index is 16.0. The van der Waals surface area contributed by atoms with Gasteiger partial charge in [0.25, 0.3) is 0 Å². The first-order chi connectivity index (χ1) is 32.7. The zero-order chi connectivity index (χ0) is 48.2. The van der Waals surface area contributed by atoms with Crippen LogP contribution in [0.3, 0.4) is 0 Å². The number of carbonyl (C=O) groups excluding carboxylic acids is 4. The fraction of sp³-hybridized carbons (Fsp3) is 0.667. The molecule has 2 amide bonds. The van der Waals surface area contributed by atoms with Crippen LogP contribution in [0.15, 0.2) is 60.7 Å². The molecule has 8 rings (SSSR count). The number of hydrogen-bond donors (Lipinski definition) is 2. The van der Waals surface area contributed by atoms with E-state index in [0.29, 0.717) is 31.0 Å². The average molecular weight is 942 g/mol. The Labute approximate surface area is 402 Å². The van der Waals surface area contributed by atoms with E-state index in [4.69, 9.17) is 28.5 Å². The summed E-state index contributed by atoms with van der Waals surface area (Å²) in [5.41, 5.74) is 0.494. The number of fused-ring (bicyclic) bond motifs is 5. The maximum Gasteiger partial charge on any atom is 0.327 e. The number of esters is 2. The fourth-order valence-electron chi connectivity index (χ4n) is 11.4. The van der Waals surface area contributed by atoms with Gasteiger partial charge in [0.15, 0.2) is 11.8 Å². The highest BCUT2D eigenvalue weighted by Crippen LogP contribution is 2.59. The van der Waals surface area contributed by atoms with Crippen molar-refractivity contribution in [2.75, 3.05) is 13.7 Å². The number of allylic oxidation sites excluding steroid dienone is 1. The van der Waals surface area contributed by atoms with Crippen LogP contribution >= 0.6 is 0 Å². The number of rotatable bonds is 22. The van der Waals surface area contributed by atoms with Crippen LogP contribution in [0.1, 0.15) is 141 Å². The minimum Gasteiger partial charge on any atom is -0.460 e. The number of nitrogens with zero attached hydrogens (tertiary/aromatic N) is 2. The Kier molecular flexibility index (Phi) is 15.8. The minimum atomic E-state index is -1.53. The van der Waals surface area contributed by atoms with Gasteiger partial charge in [-0.05, 0) is 81.9 Å². The van der Waals surface area contributed by atoms with Gasteiger partial charge in [0, 0.05) is 39.2 Å². The summed E-state index contributed by atoms with van der Waals surface area (Å²) in [7, 11) is 1.61. The first kappa shape index (κ1) is 50.2. The molecule has 2 aromatic rings. The Balaban J connectivity index is 1.13. The number of aliphatic hydroxyl groups excluding tert-OH is 1. The second-order valence-electron chi connectivity index (χ2n) is 21.2. The quantitative estimate of drug-likeness (QED) is 0.0685. The topological polar surface area (TPSA) is 166 Å². The highest BCUT2D eigenvalue weighted by Gasteiger charge is 2.77. The van der Waals surface area contributed by atoms with Crippen molar-refractivity contribution in [2.45, 2.75) is 204 Å². The summed E-state index contributed by atoms with van der Waals surface area (Å²) < 4.78 is 31.9. The standard InChI is InChI=1S/C54H75N3O11/c1-7-9-16-28-53(29-17-10-8-2)66-45-43-32-54(51(62)56(6)40(30-35-18-12-11-13-19-35)49(60)55-39(34-58)25-27-44(59)65-52(3,4)5)47(50(61)64-43)57(68-48(54)46(45)67-53)33-38-21-15-14-20-37(38)24-22-36-23-26-41-42(31-36)63-41/h11-15,18-22,24,36,39-43,45-48,58H,7-10,16-17,23,25-34H2,1-6H3,(H,55,60)/t36?,39-,40+,41?,42?,43+,45-,46-,47-,48+,54-/m0/s1. The van der Waals surface area contributed by atoms with Crippen LogP contribution in [0, 0.1) is 11.3 Å². The normalized spacial score (nSPS) is 30.0. The van der Waals surface area contributed by atoms with Crippen LogP contribution < -0.4 is 5.32 Å². The average Bonchev–Trinajstić information content (AvgIpc) is 3.86. The van der Waals surface area contributed by atoms with E-state index in [-0.39, 0.29) is 32.2 Å². The van der Waals surface area contributed by atoms with Crippen LogP contribution in [0.5, 0.6) is 0 Å². The lowest BCUT2D eigenvalue weighted by Gasteiger charge is -2.50. The predicted octanol–water partition coefficient (Wildman–Crippen LogP) is 7.38. The number of amides is 2. The molecule has 4 saturated heterocycles. The summed E-state index contributed by atoms with van der Waals surface area (Å²) in [5.74, 6) is -2.51. The van der Waals surface area contributed by atoms with E-state index in [0.717, 1.165) is 74.5 Å². The van der Waals surface area contributed by atoms with Crippen molar-refractivity contribution in [3.05, 3.63) is 77.4 Å². The summed E-state index contributed by atoms with van der Waals surface area (Å²) in [6.45, 7) is 9.42. The fourth-order valence-corrected chi connectivity index (χ4v) is 11.4. The smallest absolute Gasteiger partial charge is 0.327 e. The van der Waals surface area contributed by atoms with Gasteiger partial charge in [0.1, 0.15) is 41.5 Å². The zero-order valence-electron chi connectivity index (χ0n) is 41.1. The van der Waals surface area contributed by atoms with Crippen molar-refractivity contribution >= 4 is 29.8 Å². The van der Waals surface area contributed by atoms with E-state index < -0.39 is 89.7 Å². The van der Waals surface area contributed by atoms with E-state index in [2.05, 4.69) is 37.4 Å².